The Hall–Kier alpha value is -2.04. The van der Waals surface area contributed by atoms with E-state index < -0.39 is 5.97 Å². The first-order chi connectivity index (χ1) is 9.60. The van der Waals surface area contributed by atoms with Gasteiger partial charge < -0.3 is 15.3 Å². The van der Waals surface area contributed by atoms with Gasteiger partial charge in [0.15, 0.2) is 0 Å². The number of benzene rings is 1. The average Bonchev–Trinajstić information content (AvgIpc) is 3.26. The summed E-state index contributed by atoms with van der Waals surface area (Å²) in [4.78, 5) is 24.6. The van der Waals surface area contributed by atoms with E-state index >= 15 is 0 Å². The van der Waals surface area contributed by atoms with Crippen molar-refractivity contribution in [1.29, 1.82) is 0 Å². The fourth-order valence-corrected chi connectivity index (χ4v) is 2.02. The molecule has 1 aromatic carbocycles. The summed E-state index contributed by atoms with van der Waals surface area (Å²) in [5, 5.41) is 11.7. The van der Waals surface area contributed by atoms with Crippen molar-refractivity contribution in [2.75, 3.05) is 13.1 Å². The number of carboxylic acids is 1. The second-order valence-electron chi connectivity index (χ2n) is 5.14. The number of nitrogens with zero attached hydrogens (tertiary/aromatic N) is 1. The molecule has 5 heteroatoms. The number of aromatic carboxylic acids is 1. The van der Waals surface area contributed by atoms with Crippen LogP contribution in [-0.4, -0.2) is 35.1 Å². The topological polar surface area (TPSA) is 69.6 Å². The van der Waals surface area contributed by atoms with Gasteiger partial charge in [-0.05, 0) is 43.4 Å². The molecule has 2 amide bonds. The highest BCUT2D eigenvalue weighted by Gasteiger charge is 2.25. The minimum atomic E-state index is -0.942. The van der Waals surface area contributed by atoms with Crippen molar-refractivity contribution >= 4 is 12.0 Å². The van der Waals surface area contributed by atoms with Gasteiger partial charge in [-0.25, -0.2) is 9.59 Å². The van der Waals surface area contributed by atoms with Crippen molar-refractivity contribution < 1.29 is 14.7 Å². The van der Waals surface area contributed by atoms with Gasteiger partial charge >= 0.3 is 12.0 Å². The molecule has 5 nitrogen and oxygen atoms in total. The molecular weight excluding hydrogens is 256 g/mol. The Morgan fingerprint density at radius 1 is 1.30 bits per heavy atom. The van der Waals surface area contributed by atoms with E-state index in [-0.39, 0.29) is 11.6 Å². The van der Waals surface area contributed by atoms with E-state index in [0.717, 1.165) is 12.1 Å². The molecule has 1 aliphatic rings. The van der Waals surface area contributed by atoms with Gasteiger partial charge in [0.25, 0.3) is 0 Å². The Morgan fingerprint density at radius 2 is 1.95 bits per heavy atom. The molecule has 1 aliphatic carbocycles. The lowest BCUT2D eigenvalue weighted by Gasteiger charge is -2.21. The number of nitrogens with one attached hydrogen (secondary N) is 1. The summed E-state index contributed by atoms with van der Waals surface area (Å²) < 4.78 is 0. The molecule has 2 N–H and O–H groups in total. The van der Waals surface area contributed by atoms with Gasteiger partial charge in [0.05, 0.1) is 5.56 Å². The minimum absolute atomic E-state index is 0.0540. The quantitative estimate of drug-likeness (QED) is 0.837. The molecule has 0 bridgehead atoms. The van der Waals surface area contributed by atoms with Crippen LogP contribution in [0.15, 0.2) is 24.3 Å². The van der Waals surface area contributed by atoms with E-state index in [1.54, 1.807) is 24.3 Å². The maximum atomic E-state index is 12.0. The first-order valence-electron chi connectivity index (χ1n) is 6.95. The number of carbonyl (C=O) groups is 2. The van der Waals surface area contributed by atoms with Crippen LogP contribution in [0.5, 0.6) is 0 Å². The fourth-order valence-electron chi connectivity index (χ4n) is 2.02. The van der Waals surface area contributed by atoms with Crippen LogP contribution < -0.4 is 5.32 Å². The third kappa shape index (κ3) is 3.98. The highest BCUT2D eigenvalue weighted by atomic mass is 16.4. The average molecular weight is 276 g/mol. The zero-order valence-electron chi connectivity index (χ0n) is 11.6. The number of rotatable bonds is 6. The van der Waals surface area contributed by atoms with Gasteiger partial charge in [-0.15, -0.1) is 0 Å². The van der Waals surface area contributed by atoms with E-state index in [2.05, 4.69) is 5.32 Å². The maximum Gasteiger partial charge on any atom is 0.335 e. The summed E-state index contributed by atoms with van der Waals surface area (Å²) >= 11 is 0. The van der Waals surface area contributed by atoms with E-state index in [4.69, 9.17) is 5.11 Å². The van der Waals surface area contributed by atoms with Crippen LogP contribution in [0.25, 0.3) is 0 Å². The number of carbonyl (C=O) groups excluding carboxylic acids is 1. The third-order valence-corrected chi connectivity index (χ3v) is 3.49. The van der Waals surface area contributed by atoms with Gasteiger partial charge in [0.2, 0.25) is 0 Å². The second kappa shape index (κ2) is 6.41. The highest BCUT2D eigenvalue weighted by Crippen LogP contribution is 2.29. The molecule has 0 radical (unpaired) electrons. The van der Waals surface area contributed by atoms with E-state index in [0.29, 0.717) is 19.0 Å². The Balaban J connectivity index is 1.83. The van der Waals surface area contributed by atoms with E-state index in [1.165, 1.54) is 12.8 Å². The van der Waals surface area contributed by atoms with Crippen molar-refractivity contribution in [3.05, 3.63) is 35.4 Å². The van der Waals surface area contributed by atoms with Crippen LogP contribution >= 0.6 is 0 Å². The van der Waals surface area contributed by atoms with Crippen molar-refractivity contribution in [2.45, 2.75) is 26.3 Å². The van der Waals surface area contributed by atoms with Gasteiger partial charge in [-0.3, -0.25) is 0 Å². The molecule has 0 saturated heterocycles. The van der Waals surface area contributed by atoms with Gasteiger partial charge in [-0.2, -0.15) is 0 Å². The highest BCUT2D eigenvalue weighted by molar-refractivity contribution is 5.87. The Kier molecular flexibility index (Phi) is 4.61. The summed E-state index contributed by atoms with van der Waals surface area (Å²) in [6.45, 7) is 3.93. The summed E-state index contributed by atoms with van der Waals surface area (Å²) in [5.74, 6) is -0.266. The molecule has 0 aliphatic heterocycles. The molecule has 20 heavy (non-hydrogen) atoms. The third-order valence-electron chi connectivity index (χ3n) is 3.49. The summed E-state index contributed by atoms with van der Waals surface area (Å²) in [6.07, 6.45) is 2.45. The van der Waals surface area contributed by atoms with Gasteiger partial charge in [0, 0.05) is 19.6 Å². The first-order valence-corrected chi connectivity index (χ1v) is 6.95. The number of hydrogen-bond donors (Lipinski definition) is 2. The summed E-state index contributed by atoms with van der Waals surface area (Å²) in [6, 6.07) is 6.49. The van der Waals surface area contributed by atoms with Crippen LogP contribution in [0, 0.1) is 5.92 Å². The Labute approximate surface area is 118 Å². The molecule has 0 unspecified atom stereocenters. The van der Waals surface area contributed by atoms with Crippen LogP contribution in [-0.2, 0) is 6.54 Å². The fraction of sp³-hybridized carbons (Fsp3) is 0.467. The SMILES string of the molecule is CCN(CC1CC1)C(=O)NCc1ccc(C(=O)O)cc1. The number of carboxylic acid groups (broad SMARTS) is 1. The number of hydrogen-bond acceptors (Lipinski definition) is 2. The van der Waals surface area contributed by atoms with Crippen molar-refractivity contribution in [2.24, 2.45) is 5.92 Å². The maximum absolute atomic E-state index is 12.0. The second-order valence-corrected chi connectivity index (χ2v) is 5.14. The molecule has 0 atom stereocenters. The normalized spacial score (nSPS) is 13.8. The van der Waals surface area contributed by atoms with Crippen LogP contribution in [0.4, 0.5) is 4.79 Å². The largest absolute Gasteiger partial charge is 0.478 e. The molecule has 0 spiro atoms. The minimum Gasteiger partial charge on any atom is -0.478 e. The molecule has 2 rings (SSSR count). The summed E-state index contributed by atoms with van der Waals surface area (Å²) in [7, 11) is 0. The molecule has 1 fully saturated rings. The smallest absolute Gasteiger partial charge is 0.335 e. The monoisotopic (exact) mass is 276 g/mol. The predicted octanol–water partition coefficient (Wildman–Crippen LogP) is 2.33. The lowest BCUT2D eigenvalue weighted by atomic mass is 10.1. The van der Waals surface area contributed by atoms with Crippen molar-refractivity contribution in [3.63, 3.8) is 0 Å². The van der Waals surface area contributed by atoms with Crippen LogP contribution in [0.3, 0.4) is 0 Å². The standard InChI is InChI=1S/C15H20N2O3/c1-2-17(10-12-3-4-12)15(20)16-9-11-5-7-13(8-6-11)14(18)19/h5-8,12H,2-4,9-10H2,1H3,(H,16,20)(H,18,19). The zero-order chi connectivity index (χ0) is 14.5. The van der Waals surface area contributed by atoms with Gasteiger partial charge in [-0.1, -0.05) is 12.1 Å². The number of urea groups is 1. The molecule has 1 aromatic rings. The molecule has 0 heterocycles. The molecule has 0 aromatic heterocycles. The lowest BCUT2D eigenvalue weighted by molar-refractivity contribution is 0.0697. The van der Waals surface area contributed by atoms with Crippen molar-refractivity contribution in [3.8, 4) is 0 Å². The van der Waals surface area contributed by atoms with Crippen LogP contribution in [0.1, 0.15) is 35.7 Å². The Bertz CT molecular complexity index is 480. The van der Waals surface area contributed by atoms with Crippen LogP contribution in [0.2, 0.25) is 0 Å². The Morgan fingerprint density at radius 3 is 2.45 bits per heavy atom. The lowest BCUT2D eigenvalue weighted by Crippen LogP contribution is -2.40. The molecule has 1 saturated carbocycles. The van der Waals surface area contributed by atoms with Crippen molar-refractivity contribution in [1.82, 2.24) is 10.2 Å². The van der Waals surface area contributed by atoms with E-state index in [1.807, 2.05) is 11.8 Å². The number of amides is 2. The first kappa shape index (κ1) is 14.4. The van der Waals surface area contributed by atoms with Gasteiger partial charge in [0.1, 0.15) is 0 Å². The van der Waals surface area contributed by atoms with E-state index in [9.17, 15) is 9.59 Å². The zero-order valence-corrected chi connectivity index (χ0v) is 11.6. The molecule has 108 valence electrons. The summed E-state index contributed by atoms with van der Waals surface area (Å²) in [5.41, 5.74) is 1.15. The molecular formula is C15H20N2O3. The predicted molar refractivity (Wildman–Crippen MR) is 75.6 cm³/mol.